The summed E-state index contributed by atoms with van der Waals surface area (Å²) in [5.41, 5.74) is 0.638. The van der Waals surface area contributed by atoms with Crippen molar-refractivity contribution in [2.75, 3.05) is 26.2 Å². The molecule has 1 amide bonds. The molecule has 0 aromatic heterocycles. The van der Waals surface area contributed by atoms with Crippen LogP contribution < -0.4 is 0 Å². The summed E-state index contributed by atoms with van der Waals surface area (Å²) in [6.45, 7) is 3.36. The number of nitro groups is 2. The van der Waals surface area contributed by atoms with Crippen LogP contribution in [0.25, 0.3) is 0 Å². The molecule has 1 aliphatic heterocycles. The lowest BCUT2D eigenvalue weighted by Gasteiger charge is -2.34. The van der Waals surface area contributed by atoms with Gasteiger partial charge in [-0.05, 0) is 11.6 Å². The van der Waals surface area contributed by atoms with Gasteiger partial charge in [-0.25, -0.2) is 0 Å². The predicted molar refractivity (Wildman–Crippen MR) is 102 cm³/mol. The molecule has 28 heavy (non-hydrogen) atoms. The minimum atomic E-state index is -0.690. The molecule has 2 aromatic carbocycles. The van der Waals surface area contributed by atoms with E-state index in [-0.39, 0.29) is 23.6 Å². The zero-order valence-corrected chi connectivity index (χ0v) is 15.2. The Balaban J connectivity index is 1.60. The van der Waals surface area contributed by atoms with Crippen LogP contribution in [0.4, 0.5) is 11.4 Å². The highest BCUT2D eigenvalue weighted by Crippen LogP contribution is 2.25. The number of carbonyl (C=O) groups excluding carboxylic acids is 1. The van der Waals surface area contributed by atoms with E-state index < -0.39 is 15.5 Å². The SMILES string of the molecule is O=C(Cc1ccc([N+](=O)[O-])cc1[N+](=O)[O-])N1CCN(Cc2ccccc2)CC1. The summed E-state index contributed by atoms with van der Waals surface area (Å²) in [4.78, 5) is 37.2. The van der Waals surface area contributed by atoms with E-state index >= 15 is 0 Å². The summed E-state index contributed by atoms with van der Waals surface area (Å²) < 4.78 is 0. The maximum Gasteiger partial charge on any atom is 0.279 e. The lowest BCUT2D eigenvalue weighted by Crippen LogP contribution is -2.48. The first-order valence-electron chi connectivity index (χ1n) is 8.90. The van der Waals surface area contributed by atoms with Crippen molar-refractivity contribution in [1.29, 1.82) is 0 Å². The zero-order valence-electron chi connectivity index (χ0n) is 15.2. The average Bonchev–Trinajstić information content (AvgIpc) is 2.69. The molecule has 9 heteroatoms. The number of non-ortho nitro benzene ring substituents is 1. The molecule has 0 unspecified atom stereocenters. The molecule has 0 radical (unpaired) electrons. The van der Waals surface area contributed by atoms with Gasteiger partial charge in [0.05, 0.1) is 22.3 Å². The summed E-state index contributed by atoms with van der Waals surface area (Å²) in [6, 6.07) is 13.5. The third-order valence-electron chi connectivity index (χ3n) is 4.79. The summed E-state index contributed by atoms with van der Waals surface area (Å²) in [5.74, 6) is -0.212. The van der Waals surface area contributed by atoms with Crippen LogP contribution in [0.15, 0.2) is 48.5 Å². The van der Waals surface area contributed by atoms with Gasteiger partial charge < -0.3 is 4.90 Å². The fraction of sp³-hybridized carbons (Fsp3) is 0.316. The maximum absolute atomic E-state index is 12.6. The number of amides is 1. The first-order chi connectivity index (χ1) is 13.4. The molecule has 0 N–H and O–H groups in total. The smallest absolute Gasteiger partial charge is 0.279 e. The Hall–Kier alpha value is -3.33. The second-order valence-electron chi connectivity index (χ2n) is 6.65. The molecule has 2 aromatic rings. The predicted octanol–water partition coefficient (Wildman–Crippen LogP) is 2.39. The molecule has 0 spiro atoms. The number of rotatable bonds is 6. The van der Waals surface area contributed by atoms with Crippen LogP contribution in [-0.4, -0.2) is 51.7 Å². The van der Waals surface area contributed by atoms with Crippen molar-refractivity contribution < 1.29 is 14.6 Å². The van der Waals surface area contributed by atoms with Gasteiger partial charge in [0.15, 0.2) is 0 Å². The minimum Gasteiger partial charge on any atom is -0.340 e. The van der Waals surface area contributed by atoms with E-state index in [1.807, 2.05) is 18.2 Å². The second kappa shape index (κ2) is 8.57. The van der Waals surface area contributed by atoms with E-state index in [0.717, 1.165) is 25.7 Å². The largest absolute Gasteiger partial charge is 0.340 e. The molecule has 146 valence electrons. The third-order valence-corrected chi connectivity index (χ3v) is 4.79. The van der Waals surface area contributed by atoms with Crippen LogP contribution in [0.5, 0.6) is 0 Å². The maximum atomic E-state index is 12.6. The van der Waals surface area contributed by atoms with Crippen molar-refractivity contribution in [2.24, 2.45) is 0 Å². The van der Waals surface area contributed by atoms with Crippen LogP contribution in [-0.2, 0) is 17.8 Å². The number of piperazine rings is 1. The number of benzene rings is 2. The fourth-order valence-electron chi connectivity index (χ4n) is 3.26. The van der Waals surface area contributed by atoms with Crippen LogP contribution >= 0.6 is 0 Å². The van der Waals surface area contributed by atoms with Crippen molar-refractivity contribution >= 4 is 17.3 Å². The van der Waals surface area contributed by atoms with E-state index in [2.05, 4.69) is 17.0 Å². The molecule has 0 atom stereocenters. The monoisotopic (exact) mass is 384 g/mol. The number of hydrogen-bond donors (Lipinski definition) is 0. The Kier molecular flexibility index (Phi) is 5.95. The van der Waals surface area contributed by atoms with Crippen molar-refractivity contribution in [3.63, 3.8) is 0 Å². The van der Waals surface area contributed by atoms with Gasteiger partial charge in [0.1, 0.15) is 0 Å². The van der Waals surface area contributed by atoms with E-state index in [1.165, 1.54) is 17.7 Å². The normalized spacial score (nSPS) is 14.6. The molecule has 1 fully saturated rings. The Morgan fingerprint density at radius 2 is 1.61 bits per heavy atom. The molecule has 1 heterocycles. The van der Waals surface area contributed by atoms with Crippen molar-refractivity contribution in [3.05, 3.63) is 79.9 Å². The van der Waals surface area contributed by atoms with Gasteiger partial charge in [0, 0.05) is 44.4 Å². The first-order valence-corrected chi connectivity index (χ1v) is 8.90. The third kappa shape index (κ3) is 4.68. The topological polar surface area (TPSA) is 110 Å². The van der Waals surface area contributed by atoms with Crippen molar-refractivity contribution in [2.45, 2.75) is 13.0 Å². The molecule has 0 saturated carbocycles. The lowest BCUT2D eigenvalue weighted by atomic mass is 10.1. The van der Waals surface area contributed by atoms with E-state index in [1.54, 1.807) is 4.90 Å². The molecule has 1 aliphatic rings. The van der Waals surface area contributed by atoms with E-state index in [0.29, 0.717) is 13.1 Å². The van der Waals surface area contributed by atoms with Gasteiger partial charge >= 0.3 is 0 Å². The highest BCUT2D eigenvalue weighted by atomic mass is 16.6. The number of nitrogens with zero attached hydrogens (tertiary/aromatic N) is 4. The molecular formula is C19H20N4O5. The summed E-state index contributed by atoms with van der Waals surface area (Å²) >= 11 is 0. The quantitative estimate of drug-likeness (QED) is 0.559. The van der Waals surface area contributed by atoms with Crippen LogP contribution in [0.2, 0.25) is 0 Å². The summed E-state index contributed by atoms with van der Waals surface area (Å²) in [5, 5.41) is 22.0. The van der Waals surface area contributed by atoms with Crippen molar-refractivity contribution in [1.82, 2.24) is 9.80 Å². The summed E-state index contributed by atoms with van der Waals surface area (Å²) in [7, 11) is 0. The molecule has 1 saturated heterocycles. The van der Waals surface area contributed by atoms with Gasteiger partial charge in [-0.2, -0.15) is 0 Å². The standard InChI is InChI=1S/C19H20N4O5/c24-19(12-16-6-7-17(22(25)26)13-18(16)23(27)28)21-10-8-20(9-11-21)14-15-4-2-1-3-5-15/h1-7,13H,8-12,14H2. The van der Waals surface area contributed by atoms with Gasteiger partial charge in [-0.15, -0.1) is 0 Å². The fourth-order valence-corrected chi connectivity index (χ4v) is 3.26. The van der Waals surface area contributed by atoms with E-state index in [4.69, 9.17) is 0 Å². The zero-order chi connectivity index (χ0) is 20.1. The summed E-state index contributed by atoms with van der Waals surface area (Å²) in [6.07, 6.45) is -0.146. The number of hydrogen-bond acceptors (Lipinski definition) is 6. The number of carbonyl (C=O) groups is 1. The van der Waals surface area contributed by atoms with Crippen LogP contribution in [0.3, 0.4) is 0 Å². The second-order valence-corrected chi connectivity index (χ2v) is 6.65. The minimum absolute atomic E-state index is 0.146. The molecule has 3 rings (SSSR count). The Morgan fingerprint density at radius 1 is 0.929 bits per heavy atom. The molecular weight excluding hydrogens is 364 g/mol. The molecule has 0 bridgehead atoms. The Morgan fingerprint density at radius 3 is 2.21 bits per heavy atom. The van der Waals surface area contributed by atoms with E-state index in [9.17, 15) is 25.0 Å². The van der Waals surface area contributed by atoms with Gasteiger partial charge in [-0.3, -0.25) is 29.9 Å². The Labute approximate surface area is 161 Å². The molecule has 9 nitrogen and oxygen atoms in total. The lowest BCUT2D eigenvalue weighted by molar-refractivity contribution is -0.394. The highest BCUT2D eigenvalue weighted by molar-refractivity contribution is 5.80. The van der Waals surface area contributed by atoms with Gasteiger partial charge in [0.2, 0.25) is 5.91 Å². The van der Waals surface area contributed by atoms with Crippen molar-refractivity contribution in [3.8, 4) is 0 Å². The first kappa shape index (κ1) is 19.4. The molecule has 0 aliphatic carbocycles. The average molecular weight is 384 g/mol. The van der Waals surface area contributed by atoms with Gasteiger partial charge in [-0.1, -0.05) is 30.3 Å². The highest BCUT2D eigenvalue weighted by Gasteiger charge is 2.25. The number of nitro benzene ring substituents is 2. The van der Waals surface area contributed by atoms with Crippen LogP contribution in [0, 0.1) is 20.2 Å². The van der Waals surface area contributed by atoms with Gasteiger partial charge in [0.25, 0.3) is 11.4 Å². The Bertz CT molecular complexity index is 879. The van der Waals surface area contributed by atoms with Crippen LogP contribution in [0.1, 0.15) is 11.1 Å².